The number of hydrogen-bond acceptors (Lipinski definition) is 4. The van der Waals surface area contributed by atoms with Crippen LogP contribution in [0.2, 0.25) is 5.15 Å². The third-order valence-electron chi connectivity index (χ3n) is 3.33. The Bertz CT molecular complexity index is 448. The van der Waals surface area contributed by atoms with Crippen molar-refractivity contribution < 1.29 is 9.53 Å². The molecule has 1 N–H and O–H groups in total. The van der Waals surface area contributed by atoms with Gasteiger partial charge in [-0.05, 0) is 18.8 Å². The van der Waals surface area contributed by atoms with E-state index in [0.717, 1.165) is 12.8 Å². The fourth-order valence-corrected chi connectivity index (χ4v) is 2.56. The van der Waals surface area contributed by atoms with Crippen molar-refractivity contribution in [2.45, 2.75) is 38.5 Å². The highest BCUT2D eigenvalue weighted by atomic mass is 35.5. The van der Waals surface area contributed by atoms with Gasteiger partial charge >= 0.3 is 0 Å². The normalized spacial score (nSPS) is 16.1. The van der Waals surface area contributed by atoms with Crippen LogP contribution in [0.15, 0.2) is 6.07 Å². The third kappa shape index (κ3) is 4.35. The van der Waals surface area contributed by atoms with Gasteiger partial charge in [0.1, 0.15) is 5.15 Å². The summed E-state index contributed by atoms with van der Waals surface area (Å²) in [6.45, 7) is 0. The maximum atomic E-state index is 11.9. The molecule has 1 amide bonds. The smallest absolute Gasteiger partial charge is 0.234 e. The number of ether oxygens (including phenoxy) is 1. The molecule has 0 radical (unpaired) electrons. The number of methoxy groups -OCH3 is 1. The minimum Gasteiger partial charge on any atom is -0.481 e. The Kier molecular flexibility index (Phi) is 4.96. The molecule has 0 aromatic carbocycles. The molecule has 2 rings (SSSR count). The maximum absolute atomic E-state index is 11.9. The summed E-state index contributed by atoms with van der Waals surface area (Å²) in [6, 6.07) is 1.50. The Morgan fingerprint density at radius 2 is 2.16 bits per heavy atom. The van der Waals surface area contributed by atoms with E-state index in [1.807, 2.05) is 0 Å². The van der Waals surface area contributed by atoms with Gasteiger partial charge in [0.05, 0.1) is 7.11 Å². The van der Waals surface area contributed by atoms with Crippen LogP contribution < -0.4 is 10.1 Å². The highest BCUT2D eigenvalue weighted by molar-refractivity contribution is 6.29. The minimum absolute atomic E-state index is 0.0591. The van der Waals surface area contributed by atoms with Gasteiger partial charge in [0.25, 0.3) is 0 Å². The predicted molar refractivity (Wildman–Crippen MR) is 73.4 cm³/mol. The van der Waals surface area contributed by atoms with Crippen molar-refractivity contribution in [3.8, 4) is 5.88 Å². The van der Waals surface area contributed by atoms with Crippen molar-refractivity contribution in [1.82, 2.24) is 9.97 Å². The van der Waals surface area contributed by atoms with Crippen molar-refractivity contribution in [2.75, 3.05) is 12.4 Å². The molecule has 6 heteroatoms. The highest BCUT2D eigenvalue weighted by Crippen LogP contribution is 2.26. The second kappa shape index (κ2) is 6.70. The van der Waals surface area contributed by atoms with Crippen LogP contribution >= 0.6 is 11.6 Å². The summed E-state index contributed by atoms with van der Waals surface area (Å²) in [4.78, 5) is 19.9. The first-order chi connectivity index (χ1) is 9.17. The maximum Gasteiger partial charge on any atom is 0.234 e. The van der Waals surface area contributed by atoms with Gasteiger partial charge < -0.3 is 4.74 Å². The lowest BCUT2D eigenvalue weighted by molar-refractivity contribution is -0.117. The number of rotatable bonds is 4. The Balaban J connectivity index is 1.92. The molecule has 1 aliphatic carbocycles. The molecule has 1 heterocycles. The summed E-state index contributed by atoms with van der Waals surface area (Å²) >= 11 is 5.82. The molecule has 0 unspecified atom stereocenters. The molecular weight excluding hydrogens is 266 g/mol. The van der Waals surface area contributed by atoms with E-state index in [4.69, 9.17) is 16.3 Å². The van der Waals surface area contributed by atoms with E-state index in [1.165, 1.54) is 32.4 Å². The van der Waals surface area contributed by atoms with Crippen LogP contribution in [-0.4, -0.2) is 23.0 Å². The Hall–Kier alpha value is -1.36. The number of hydrogen-bond donors (Lipinski definition) is 1. The number of nitrogens with zero attached hydrogens (tertiary/aromatic N) is 2. The van der Waals surface area contributed by atoms with E-state index in [9.17, 15) is 4.79 Å². The second-order valence-corrected chi connectivity index (χ2v) is 5.20. The van der Waals surface area contributed by atoms with E-state index in [0.29, 0.717) is 18.2 Å². The van der Waals surface area contributed by atoms with Crippen LogP contribution in [0.4, 0.5) is 5.95 Å². The second-order valence-electron chi connectivity index (χ2n) is 4.81. The highest BCUT2D eigenvalue weighted by Gasteiger charge is 2.17. The van der Waals surface area contributed by atoms with E-state index in [-0.39, 0.29) is 17.0 Å². The van der Waals surface area contributed by atoms with Crippen molar-refractivity contribution in [2.24, 2.45) is 5.92 Å². The van der Waals surface area contributed by atoms with Crippen LogP contribution in [0.3, 0.4) is 0 Å². The molecule has 1 aromatic heterocycles. The molecule has 19 heavy (non-hydrogen) atoms. The summed E-state index contributed by atoms with van der Waals surface area (Å²) in [5.74, 6) is 0.962. The van der Waals surface area contributed by atoms with Crippen molar-refractivity contribution in [3.05, 3.63) is 11.2 Å². The summed E-state index contributed by atoms with van der Waals surface area (Å²) in [5, 5.41) is 2.93. The number of carbonyl (C=O) groups is 1. The molecule has 1 fully saturated rings. The molecule has 0 atom stereocenters. The zero-order valence-electron chi connectivity index (χ0n) is 11.0. The average Bonchev–Trinajstić information content (AvgIpc) is 2.38. The molecule has 5 nitrogen and oxygen atoms in total. The molecule has 0 aliphatic heterocycles. The molecule has 0 saturated heterocycles. The first-order valence-electron chi connectivity index (χ1n) is 6.56. The van der Waals surface area contributed by atoms with Crippen LogP contribution in [-0.2, 0) is 4.79 Å². The minimum atomic E-state index is -0.0591. The predicted octanol–water partition coefficient (Wildman–Crippen LogP) is 3.05. The fourth-order valence-electron chi connectivity index (χ4n) is 2.39. The first-order valence-corrected chi connectivity index (χ1v) is 6.93. The number of carbonyl (C=O) groups excluding carboxylic acids is 1. The van der Waals surface area contributed by atoms with Gasteiger partial charge in [-0.25, -0.2) is 4.98 Å². The first kappa shape index (κ1) is 14.1. The van der Waals surface area contributed by atoms with Crippen LogP contribution in [0.25, 0.3) is 0 Å². The Morgan fingerprint density at radius 1 is 1.42 bits per heavy atom. The summed E-state index contributed by atoms with van der Waals surface area (Å²) < 4.78 is 4.98. The van der Waals surface area contributed by atoms with Crippen LogP contribution in [0, 0.1) is 5.92 Å². The van der Waals surface area contributed by atoms with Gasteiger partial charge in [-0.2, -0.15) is 4.98 Å². The number of amides is 1. The van der Waals surface area contributed by atoms with Gasteiger partial charge in [-0.1, -0.05) is 30.9 Å². The lowest BCUT2D eigenvalue weighted by Gasteiger charge is -2.20. The van der Waals surface area contributed by atoms with Crippen molar-refractivity contribution in [3.63, 3.8) is 0 Å². The molecule has 1 aromatic rings. The van der Waals surface area contributed by atoms with E-state index in [1.54, 1.807) is 0 Å². The molecule has 104 valence electrons. The van der Waals surface area contributed by atoms with Crippen LogP contribution in [0.1, 0.15) is 38.5 Å². The van der Waals surface area contributed by atoms with Gasteiger partial charge in [0, 0.05) is 12.5 Å². The summed E-state index contributed by atoms with van der Waals surface area (Å²) in [5.41, 5.74) is 0. The fraction of sp³-hybridized carbons (Fsp3) is 0.615. The summed E-state index contributed by atoms with van der Waals surface area (Å²) in [6.07, 6.45) is 6.52. The van der Waals surface area contributed by atoms with Gasteiger partial charge in [-0.15, -0.1) is 0 Å². The lowest BCUT2D eigenvalue weighted by atomic mass is 9.87. The average molecular weight is 284 g/mol. The van der Waals surface area contributed by atoms with Crippen LogP contribution in [0.5, 0.6) is 5.88 Å². The molecule has 0 spiro atoms. The molecule has 1 aliphatic rings. The molecule has 0 bridgehead atoms. The quantitative estimate of drug-likeness (QED) is 0.863. The number of nitrogens with one attached hydrogen (secondary N) is 1. The third-order valence-corrected chi connectivity index (χ3v) is 3.52. The zero-order valence-corrected chi connectivity index (χ0v) is 11.7. The van der Waals surface area contributed by atoms with E-state index in [2.05, 4.69) is 15.3 Å². The topological polar surface area (TPSA) is 64.1 Å². The monoisotopic (exact) mass is 283 g/mol. The number of halogens is 1. The number of anilines is 1. The van der Waals surface area contributed by atoms with Crippen molar-refractivity contribution >= 4 is 23.5 Å². The lowest BCUT2D eigenvalue weighted by Crippen LogP contribution is -2.19. The Morgan fingerprint density at radius 3 is 2.84 bits per heavy atom. The molecular formula is C13H18ClN3O2. The van der Waals surface area contributed by atoms with Gasteiger partial charge in [-0.3, -0.25) is 10.1 Å². The van der Waals surface area contributed by atoms with E-state index >= 15 is 0 Å². The molecule has 1 saturated carbocycles. The summed E-state index contributed by atoms with van der Waals surface area (Å²) in [7, 11) is 1.49. The van der Waals surface area contributed by atoms with Gasteiger partial charge in [0.15, 0.2) is 0 Å². The largest absolute Gasteiger partial charge is 0.481 e. The zero-order chi connectivity index (χ0) is 13.7. The van der Waals surface area contributed by atoms with Crippen molar-refractivity contribution in [1.29, 1.82) is 0 Å². The SMILES string of the molecule is COc1cc(Cl)nc(NC(=O)CC2CCCCC2)n1. The standard InChI is InChI=1S/C13H18ClN3O2/c1-19-12-8-10(14)15-13(17-12)16-11(18)7-9-5-3-2-4-6-9/h8-9H,2-7H2,1H3,(H,15,16,17,18). The van der Waals surface area contributed by atoms with Gasteiger partial charge in [0.2, 0.25) is 17.7 Å². The Labute approximate surface area is 117 Å². The number of aromatic nitrogens is 2. The van der Waals surface area contributed by atoms with E-state index < -0.39 is 0 Å².